The van der Waals surface area contributed by atoms with Crippen molar-refractivity contribution in [1.29, 1.82) is 0 Å². The van der Waals surface area contributed by atoms with Gasteiger partial charge in [-0.2, -0.15) is 0 Å². The fourth-order valence-corrected chi connectivity index (χ4v) is 2.87. The predicted molar refractivity (Wildman–Crippen MR) is 83.5 cm³/mol. The van der Waals surface area contributed by atoms with E-state index in [2.05, 4.69) is 12.2 Å². The van der Waals surface area contributed by atoms with Crippen LogP contribution in [0.1, 0.15) is 25.3 Å². The van der Waals surface area contributed by atoms with E-state index in [0.717, 1.165) is 12.0 Å². The van der Waals surface area contributed by atoms with Crippen molar-refractivity contribution in [3.8, 4) is 0 Å². The fourth-order valence-electron chi connectivity index (χ4n) is 2.87. The molecule has 0 spiro atoms. The Morgan fingerprint density at radius 1 is 1.30 bits per heavy atom. The number of likely N-dealkylation sites (tertiary alicyclic amines) is 1. The highest BCUT2D eigenvalue weighted by molar-refractivity contribution is 5.86. The van der Waals surface area contributed by atoms with Crippen LogP contribution in [0.2, 0.25) is 0 Å². The first kappa shape index (κ1) is 15.8. The fraction of sp³-hybridized carbons (Fsp3) is 0.529. The molecule has 1 saturated carbocycles. The van der Waals surface area contributed by atoms with Crippen molar-refractivity contribution in [2.45, 2.75) is 44.6 Å². The van der Waals surface area contributed by atoms with Gasteiger partial charge in [0.1, 0.15) is 12.6 Å². The summed E-state index contributed by atoms with van der Waals surface area (Å²) in [6, 6.07) is 8.91. The molecule has 2 amide bonds. The van der Waals surface area contributed by atoms with Gasteiger partial charge in [-0.3, -0.25) is 9.69 Å². The third-order valence-corrected chi connectivity index (χ3v) is 4.46. The highest BCUT2D eigenvalue weighted by Gasteiger charge is 2.42. The molecule has 1 heterocycles. The van der Waals surface area contributed by atoms with Gasteiger partial charge in [0.2, 0.25) is 5.91 Å². The average Bonchev–Trinajstić information content (AvgIpc) is 3.08. The van der Waals surface area contributed by atoms with Crippen LogP contribution in [0.15, 0.2) is 30.3 Å². The van der Waals surface area contributed by atoms with Gasteiger partial charge in [-0.25, -0.2) is 4.79 Å². The summed E-state index contributed by atoms with van der Waals surface area (Å²) in [6.07, 6.45) is -0.0200. The lowest BCUT2D eigenvalue weighted by molar-refractivity contribution is -0.125. The van der Waals surface area contributed by atoms with Gasteiger partial charge < -0.3 is 15.2 Å². The van der Waals surface area contributed by atoms with Gasteiger partial charge in [-0.1, -0.05) is 37.3 Å². The molecule has 2 fully saturated rings. The van der Waals surface area contributed by atoms with Gasteiger partial charge in [-0.15, -0.1) is 0 Å². The van der Waals surface area contributed by atoms with Crippen LogP contribution in [0.25, 0.3) is 0 Å². The summed E-state index contributed by atoms with van der Waals surface area (Å²) in [5.41, 5.74) is 0.883. The molecular formula is C17H22N2O4. The number of amides is 2. The van der Waals surface area contributed by atoms with Crippen molar-refractivity contribution in [1.82, 2.24) is 10.2 Å². The maximum atomic E-state index is 12.3. The van der Waals surface area contributed by atoms with Crippen LogP contribution in [0.5, 0.6) is 0 Å². The van der Waals surface area contributed by atoms with Crippen LogP contribution in [-0.2, 0) is 16.1 Å². The number of nitrogens with one attached hydrogen (secondary N) is 1. The summed E-state index contributed by atoms with van der Waals surface area (Å²) < 4.78 is 5.28. The summed E-state index contributed by atoms with van der Waals surface area (Å²) in [5.74, 6) is 0.288. The molecule has 1 aliphatic heterocycles. The van der Waals surface area contributed by atoms with E-state index in [1.54, 1.807) is 0 Å². The number of ether oxygens (including phenoxy) is 1. The van der Waals surface area contributed by atoms with Crippen LogP contribution in [-0.4, -0.2) is 46.7 Å². The normalized spacial score (nSPS) is 29.2. The molecule has 3 rings (SSSR count). The minimum Gasteiger partial charge on any atom is -0.445 e. The van der Waals surface area contributed by atoms with Gasteiger partial charge in [-0.05, 0) is 17.9 Å². The zero-order valence-electron chi connectivity index (χ0n) is 13.1. The molecule has 0 unspecified atom stereocenters. The van der Waals surface area contributed by atoms with Crippen molar-refractivity contribution in [2.75, 3.05) is 6.54 Å². The monoisotopic (exact) mass is 318 g/mol. The van der Waals surface area contributed by atoms with Gasteiger partial charge in [0.25, 0.3) is 0 Å². The highest BCUT2D eigenvalue weighted by Crippen LogP contribution is 2.30. The number of hydrogen-bond acceptors (Lipinski definition) is 4. The molecule has 1 saturated heterocycles. The van der Waals surface area contributed by atoms with Gasteiger partial charge in [0.05, 0.1) is 12.6 Å². The zero-order valence-corrected chi connectivity index (χ0v) is 13.1. The molecule has 6 heteroatoms. The number of β-amino-alcohol motifs (C(OH)–C–C–N with tert-alkyl or cyclic N) is 1. The van der Waals surface area contributed by atoms with Crippen LogP contribution >= 0.6 is 0 Å². The minimum absolute atomic E-state index is 0.131. The molecule has 0 bridgehead atoms. The van der Waals surface area contributed by atoms with Crippen LogP contribution < -0.4 is 5.32 Å². The van der Waals surface area contributed by atoms with Crippen LogP contribution in [0.4, 0.5) is 4.79 Å². The first-order chi connectivity index (χ1) is 11.0. The van der Waals surface area contributed by atoms with E-state index in [-0.39, 0.29) is 31.5 Å². The number of nitrogens with zero attached hydrogens (tertiary/aromatic N) is 1. The maximum Gasteiger partial charge on any atom is 0.410 e. The average molecular weight is 318 g/mol. The largest absolute Gasteiger partial charge is 0.445 e. The van der Waals surface area contributed by atoms with Crippen molar-refractivity contribution in [3.63, 3.8) is 0 Å². The minimum atomic E-state index is -0.688. The Morgan fingerprint density at radius 3 is 2.65 bits per heavy atom. The standard InChI is InChI=1S/C17H22N2O4/c1-11-7-14(11)18-16(21)15-8-13(20)9-19(15)17(22)23-10-12-5-3-2-4-6-12/h2-6,11,13-15,20H,7-10H2,1H3,(H,18,21)/t11-,13-,14-,15+/m1/s1. The van der Waals surface area contributed by atoms with E-state index in [9.17, 15) is 14.7 Å². The molecule has 0 radical (unpaired) electrons. The Kier molecular flexibility index (Phi) is 4.52. The second kappa shape index (κ2) is 6.58. The molecule has 2 N–H and O–H groups in total. The number of hydrogen-bond donors (Lipinski definition) is 2. The third kappa shape index (κ3) is 3.82. The lowest BCUT2D eigenvalue weighted by atomic mass is 10.2. The number of aliphatic hydroxyl groups excluding tert-OH is 1. The molecule has 4 atom stereocenters. The predicted octanol–water partition coefficient (Wildman–Crippen LogP) is 1.28. The van der Waals surface area contributed by atoms with Crippen molar-refractivity contribution in [3.05, 3.63) is 35.9 Å². The van der Waals surface area contributed by atoms with Crippen LogP contribution in [0, 0.1) is 5.92 Å². The molecule has 1 aromatic rings. The van der Waals surface area contributed by atoms with Gasteiger partial charge in [0, 0.05) is 12.5 Å². The lowest BCUT2D eigenvalue weighted by Gasteiger charge is -2.23. The van der Waals surface area contributed by atoms with E-state index in [4.69, 9.17) is 4.74 Å². The quantitative estimate of drug-likeness (QED) is 0.876. The number of carbonyl (C=O) groups is 2. The maximum absolute atomic E-state index is 12.3. The second-order valence-corrected chi connectivity index (χ2v) is 6.43. The summed E-state index contributed by atoms with van der Waals surface area (Å²) >= 11 is 0. The highest BCUT2D eigenvalue weighted by atomic mass is 16.6. The number of aliphatic hydroxyl groups is 1. The Bertz CT molecular complexity index is 577. The smallest absolute Gasteiger partial charge is 0.410 e. The van der Waals surface area contributed by atoms with E-state index in [0.29, 0.717) is 5.92 Å². The third-order valence-electron chi connectivity index (χ3n) is 4.46. The Hall–Kier alpha value is -2.08. The molecular weight excluding hydrogens is 296 g/mol. The van der Waals surface area contributed by atoms with E-state index in [1.165, 1.54) is 4.90 Å². The van der Waals surface area contributed by atoms with E-state index < -0.39 is 18.2 Å². The first-order valence-corrected chi connectivity index (χ1v) is 8.00. The summed E-state index contributed by atoms with van der Waals surface area (Å²) in [6.45, 7) is 2.35. The Balaban J connectivity index is 1.57. The molecule has 0 aromatic heterocycles. The van der Waals surface area contributed by atoms with Crippen molar-refractivity contribution < 1.29 is 19.4 Å². The number of carbonyl (C=O) groups excluding carboxylic acids is 2. The van der Waals surface area contributed by atoms with E-state index in [1.807, 2.05) is 30.3 Å². The van der Waals surface area contributed by atoms with Crippen LogP contribution in [0.3, 0.4) is 0 Å². The lowest BCUT2D eigenvalue weighted by Crippen LogP contribution is -2.46. The van der Waals surface area contributed by atoms with E-state index >= 15 is 0 Å². The molecule has 124 valence electrons. The van der Waals surface area contributed by atoms with Crippen molar-refractivity contribution in [2.24, 2.45) is 5.92 Å². The molecule has 2 aliphatic rings. The summed E-state index contributed by atoms with van der Waals surface area (Å²) in [5, 5.41) is 12.8. The molecule has 1 aromatic carbocycles. The zero-order chi connectivity index (χ0) is 16.4. The van der Waals surface area contributed by atoms with Crippen molar-refractivity contribution >= 4 is 12.0 Å². The van der Waals surface area contributed by atoms with Gasteiger partial charge >= 0.3 is 6.09 Å². The molecule has 23 heavy (non-hydrogen) atoms. The van der Waals surface area contributed by atoms with Gasteiger partial charge in [0.15, 0.2) is 0 Å². The number of benzene rings is 1. The molecule has 1 aliphatic carbocycles. The molecule has 6 nitrogen and oxygen atoms in total. The number of rotatable bonds is 4. The SMILES string of the molecule is C[C@@H]1C[C@H]1NC(=O)[C@@H]1C[C@@H](O)CN1C(=O)OCc1ccccc1. The first-order valence-electron chi connectivity index (χ1n) is 8.00. The Labute approximate surface area is 135 Å². The summed E-state index contributed by atoms with van der Waals surface area (Å²) in [7, 11) is 0. The second-order valence-electron chi connectivity index (χ2n) is 6.43. The topological polar surface area (TPSA) is 78.9 Å². The summed E-state index contributed by atoms with van der Waals surface area (Å²) in [4.78, 5) is 25.9. The Morgan fingerprint density at radius 2 is 2.00 bits per heavy atom.